The molecule has 1 amide bonds. The van der Waals surface area contributed by atoms with E-state index in [0.717, 1.165) is 67.1 Å². The molecule has 1 N–H and O–H groups in total. The second kappa shape index (κ2) is 8.05. The molecule has 0 radical (unpaired) electrons. The van der Waals surface area contributed by atoms with Crippen molar-refractivity contribution in [3.63, 3.8) is 0 Å². The molecule has 1 aliphatic carbocycles. The summed E-state index contributed by atoms with van der Waals surface area (Å²) in [4.78, 5) is 13.3. The molecule has 5 nitrogen and oxygen atoms in total. The van der Waals surface area contributed by atoms with Gasteiger partial charge in [-0.15, -0.1) is 10.2 Å². The molecule has 30 heavy (non-hydrogen) atoms. The normalized spacial score (nSPS) is 17.9. The van der Waals surface area contributed by atoms with Crippen molar-refractivity contribution < 1.29 is 4.79 Å². The van der Waals surface area contributed by atoms with E-state index in [1.807, 2.05) is 42.5 Å². The molecule has 154 valence electrons. The largest absolute Gasteiger partial charge is 0.325 e. The molecule has 1 aromatic heterocycles. The SMILES string of the molecule is O=C(Nc1ccc(-c2nnc3n2CCCCC3)cc1)C1(c2ccccc2)CCCC1. The topological polar surface area (TPSA) is 59.8 Å². The minimum atomic E-state index is -0.412. The fourth-order valence-electron chi connectivity index (χ4n) is 5.03. The fraction of sp³-hybridized carbons (Fsp3) is 0.400. The lowest BCUT2D eigenvalue weighted by molar-refractivity contribution is -0.121. The predicted molar refractivity (Wildman–Crippen MR) is 118 cm³/mol. The minimum Gasteiger partial charge on any atom is -0.325 e. The third-order valence-electron chi connectivity index (χ3n) is 6.73. The molecule has 0 spiro atoms. The van der Waals surface area contributed by atoms with Crippen molar-refractivity contribution >= 4 is 11.6 Å². The first-order chi connectivity index (χ1) is 14.8. The zero-order valence-electron chi connectivity index (χ0n) is 17.3. The Bertz CT molecular complexity index is 1020. The third-order valence-corrected chi connectivity index (χ3v) is 6.73. The lowest BCUT2D eigenvalue weighted by Crippen LogP contribution is -2.37. The summed E-state index contributed by atoms with van der Waals surface area (Å²) in [5, 5.41) is 12.0. The first-order valence-corrected chi connectivity index (χ1v) is 11.2. The van der Waals surface area contributed by atoms with Crippen LogP contribution in [0.5, 0.6) is 0 Å². The van der Waals surface area contributed by atoms with Crippen LogP contribution in [-0.2, 0) is 23.2 Å². The summed E-state index contributed by atoms with van der Waals surface area (Å²) in [5.74, 6) is 2.13. The summed E-state index contributed by atoms with van der Waals surface area (Å²) in [6.07, 6.45) is 8.62. The van der Waals surface area contributed by atoms with Crippen LogP contribution in [0.15, 0.2) is 54.6 Å². The summed E-state index contributed by atoms with van der Waals surface area (Å²) in [5.41, 5.74) is 2.60. The number of aromatic nitrogens is 3. The standard InChI is InChI=1S/C25H28N4O/c30-24(25(16-6-7-17-25)20-9-3-1-4-10-20)26-21-14-12-19(13-15-21)23-28-27-22-11-5-2-8-18-29(22)23/h1,3-4,9-10,12-15H,2,5-8,11,16-18H2,(H,26,30). The maximum absolute atomic E-state index is 13.3. The van der Waals surface area contributed by atoms with E-state index in [2.05, 4.69) is 32.2 Å². The van der Waals surface area contributed by atoms with Gasteiger partial charge in [0.15, 0.2) is 5.82 Å². The molecule has 0 saturated heterocycles. The molecule has 0 atom stereocenters. The number of anilines is 1. The Balaban J connectivity index is 1.36. The highest BCUT2D eigenvalue weighted by atomic mass is 16.2. The number of rotatable bonds is 4. The Hall–Kier alpha value is -2.95. The lowest BCUT2D eigenvalue weighted by atomic mass is 9.78. The third kappa shape index (κ3) is 3.42. The van der Waals surface area contributed by atoms with Gasteiger partial charge in [0.2, 0.25) is 5.91 Å². The number of fused-ring (bicyclic) bond motifs is 1. The van der Waals surface area contributed by atoms with Gasteiger partial charge in [-0.3, -0.25) is 4.79 Å². The smallest absolute Gasteiger partial charge is 0.235 e. The van der Waals surface area contributed by atoms with Gasteiger partial charge in [-0.05, 0) is 55.5 Å². The molecule has 2 aromatic carbocycles. The summed E-state index contributed by atoms with van der Waals surface area (Å²) in [7, 11) is 0. The van der Waals surface area contributed by atoms with Gasteiger partial charge in [0, 0.05) is 24.2 Å². The van der Waals surface area contributed by atoms with E-state index in [1.165, 1.54) is 19.3 Å². The van der Waals surface area contributed by atoms with Crippen LogP contribution in [0.3, 0.4) is 0 Å². The Kier molecular flexibility index (Phi) is 5.11. The summed E-state index contributed by atoms with van der Waals surface area (Å²) in [6.45, 7) is 0.982. The van der Waals surface area contributed by atoms with Gasteiger partial charge in [0.05, 0.1) is 5.41 Å². The van der Waals surface area contributed by atoms with Crippen LogP contribution in [-0.4, -0.2) is 20.7 Å². The maximum Gasteiger partial charge on any atom is 0.235 e. The Morgan fingerprint density at radius 3 is 2.40 bits per heavy atom. The van der Waals surface area contributed by atoms with E-state index in [0.29, 0.717) is 0 Å². The van der Waals surface area contributed by atoms with Gasteiger partial charge >= 0.3 is 0 Å². The van der Waals surface area contributed by atoms with Crippen molar-refractivity contribution in [2.45, 2.75) is 63.3 Å². The van der Waals surface area contributed by atoms with Crippen LogP contribution < -0.4 is 5.32 Å². The second-order valence-corrected chi connectivity index (χ2v) is 8.59. The first-order valence-electron chi connectivity index (χ1n) is 11.2. The van der Waals surface area contributed by atoms with Crippen molar-refractivity contribution in [1.29, 1.82) is 0 Å². The van der Waals surface area contributed by atoms with Gasteiger partial charge in [0.25, 0.3) is 0 Å². The Labute approximate surface area is 177 Å². The zero-order chi connectivity index (χ0) is 20.4. The molecule has 5 heteroatoms. The number of aryl methyl sites for hydroxylation is 1. The number of nitrogens with zero attached hydrogens (tertiary/aromatic N) is 3. The van der Waals surface area contributed by atoms with Gasteiger partial charge in [-0.1, -0.05) is 49.6 Å². The Morgan fingerprint density at radius 2 is 1.63 bits per heavy atom. The van der Waals surface area contributed by atoms with E-state index in [4.69, 9.17) is 0 Å². The van der Waals surface area contributed by atoms with Crippen LogP contribution in [0, 0.1) is 0 Å². The number of benzene rings is 2. The van der Waals surface area contributed by atoms with E-state index < -0.39 is 5.41 Å². The van der Waals surface area contributed by atoms with Crippen LogP contribution >= 0.6 is 0 Å². The predicted octanol–water partition coefficient (Wildman–Crippen LogP) is 5.12. The molecule has 0 bridgehead atoms. The van der Waals surface area contributed by atoms with Gasteiger partial charge in [0.1, 0.15) is 5.82 Å². The highest BCUT2D eigenvalue weighted by molar-refractivity contribution is 5.99. The molecular formula is C25H28N4O. The van der Waals surface area contributed by atoms with E-state index in [1.54, 1.807) is 0 Å². The van der Waals surface area contributed by atoms with Crippen LogP contribution in [0.25, 0.3) is 11.4 Å². The van der Waals surface area contributed by atoms with Crippen molar-refractivity contribution in [3.05, 3.63) is 66.0 Å². The van der Waals surface area contributed by atoms with Crippen LogP contribution in [0.2, 0.25) is 0 Å². The number of amides is 1. The van der Waals surface area contributed by atoms with Crippen molar-refractivity contribution in [1.82, 2.24) is 14.8 Å². The molecule has 1 aliphatic heterocycles. The second-order valence-electron chi connectivity index (χ2n) is 8.59. The van der Waals surface area contributed by atoms with E-state index in [9.17, 15) is 4.79 Å². The van der Waals surface area contributed by atoms with Crippen LogP contribution in [0.1, 0.15) is 56.3 Å². The van der Waals surface area contributed by atoms with Crippen molar-refractivity contribution in [2.24, 2.45) is 0 Å². The lowest BCUT2D eigenvalue weighted by Gasteiger charge is -2.28. The Morgan fingerprint density at radius 1 is 0.867 bits per heavy atom. The summed E-state index contributed by atoms with van der Waals surface area (Å²) < 4.78 is 2.25. The quantitative estimate of drug-likeness (QED) is 0.661. The fourth-order valence-corrected chi connectivity index (χ4v) is 5.03. The average molecular weight is 401 g/mol. The van der Waals surface area contributed by atoms with Gasteiger partial charge < -0.3 is 9.88 Å². The molecule has 1 fully saturated rings. The van der Waals surface area contributed by atoms with E-state index >= 15 is 0 Å². The number of nitrogens with one attached hydrogen (secondary N) is 1. The van der Waals surface area contributed by atoms with Crippen molar-refractivity contribution in [2.75, 3.05) is 5.32 Å². The first kappa shape index (κ1) is 19.0. The number of carbonyl (C=O) groups excluding carboxylic acids is 1. The highest BCUT2D eigenvalue weighted by Crippen LogP contribution is 2.42. The molecular weight excluding hydrogens is 372 g/mol. The maximum atomic E-state index is 13.3. The zero-order valence-corrected chi connectivity index (χ0v) is 17.3. The number of hydrogen-bond donors (Lipinski definition) is 1. The number of hydrogen-bond acceptors (Lipinski definition) is 3. The van der Waals surface area contributed by atoms with E-state index in [-0.39, 0.29) is 5.91 Å². The summed E-state index contributed by atoms with van der Waals surface area (Å²) in [6, 6.07) is 18.3. The molecule has 0 unspecified atom stereocenters. The molecule has 2 heterocycles. The van der Waals surface area contributed by atoms with Gasteiger partial charge in [-0.25, -0.2) is 0 Å². The molecule has 2 aliphatic rings. The number of carbonyl (C=O) groups is 1. The van der Waals surface area contributed by atoms with Crippen LogP contribution in [0.4, 0.5) is 5.69 Å². The highest BCUT2D eigenvalue weighted by Gasteiger charge is 2.42. The average Bonchev–Trinajstić information content (AvgIpc) is 3.38. The minimum absolute atomic E-state index is 0.107. The molecule has 5 rings (SSSR count). The molecule has 1 saturated carbocycles. The summed E-state index contributed by atoms with van der Waals surface area (Å²) >= 11 is 0. The molecule has 3 aromatic rings. The van der Waals surface area contributed by atoms with Gasteiger partial charge in [-0.2, -0.15) is 0 Å². The monoisotopic (exact) mass is 400 g/mol. The van der Waals surface area contributed by atoms with Crippen molar-refractivity contribution in [3.8, 4) is 11.4 Å².